The smallest absolute Gasteiger partial charge is 0.175 e. The minimum absolute atomic E-state index is 0.160. The van der Waals surface area contributed by atoms with E-state index >= 15 is 0 Å². The molecule has 78 valence electrons. The molecule has 0 spiro atoms. The van der Waals surface area contributed by atoms with Gasteiger partial charge in [-0.1, -0.05) is 12.1 Å². The molecular formula is C11H10O3S. The first-order chi connectivity index (χ1) is 6.98. The first kappa shape index (κ1) is 9.98. The SMILES string of the molecule is CS(=O)(=O)c1ccc2c(O)cccc2c1. The van der Waals surface area contributed by atoms with Gasteiger partial charge in [0.25, 0.3) is 0 Å². The Morgan fingerprint density at radius 3 is 2.53 bits per heavy atom. The summed E-state index contributed by atoms with van der Waals surface area (Å²) in [4.78, 5) is 0.264. The first-order valence-corrected chi connectivity index (χ1v) is 6.29. The van der Waals surface area contributed by atoms with Crippen LogP contribution >= 0.6 is 0 Å². The Labute approximate surface area is 87.9 Å². The summed E-state index contributed by atoms with van der Waals surface area (Å²) in [6, 6.07) is 9.69. The van der Waals surface area contributed by atoms with Crippen LogP contribution in [0.15, 0.2) is 41.3 Å². The van der Waals surface area contributed by atoms with Gasteiger partial charge in [0.2, 0.25) is 0 Å². The highest BCUT2D eigenvalue weighted by atomic mass is 32.2. The molecule has 0 aliphatic carbocycles. The van der Waals surface area contributed by atoms with Gasteiger partial charge in [0, 0.05) is 11.6 Å². The molecule has 0 unspecified atom stereocenters. The van der Waals surface area contributed by atoms with Crippen LogP contribution < -0.4 is 0 Å². The van der Waals surface area contributed by atoms with Crippen molar-refractivity contribution in [2.75, 3.05) is 6.26 Å². The van der Waals surface area contributed by atoms with Crippen molar-refractivity contribution in [1.82, 2.24) is 0 Å². The molecule has 2 aromatic rings. The van der Waals surface area contributed by atoms with Gasteiger partial charge in [0.15, 0.2) is 9.84 Å². The molecule has 2 aromatic carbocycles. The van der Waals surface area contributed by atoms with Crippen LogP contribution in [0.25, 0.3) is 10.8 Å². The second-order valence-electron chi connectivity index (χ2n) is 3.43. The van der Waals surface area contributed by atoms with E-state index in [-0.39, 0.29) is 10.6 Å². The number of sulfone groups is 1. The maximum atomic E-state index is 11.3. The van der Waals surface area contributed by atoms with Crippen molar-refractivity contribution < 1.29 is 13.5 Å². The van der Waals surface area contributed by atoms with Crippen molar-refractivity contribution in [3.8, 4) is 5.75 Å². The third kappa shape index (κ3) is 1.80. The molecule has 0 saturated carbocycles. The number of hydrogen-bond acceptors (Lipinski definition) is 3. The van der Waals surface area contributed by atoms with E-state index in [1.165, 1.54) is 6.07 Å². The van der Waals surface area contributed by atoms with Crippen LogP contribution in [0.4, 0.5) is 0 Å². The lowest BCUT2D eigenvalue weighted by atomic mass is 10.1. The molecule has 2 rings (SSSR count). The van der Waals surface area contributed by atoms with Gasteiger partial charge in [-0.05, 0) is 29.7 Å². The van der Waals surface area contributed by atoms with Gasteiger partial charge < -0.3 is 5.11 Å². The molecule has 0 aliphatic rings. The molecule has 15 heavy (non-hydrogen) atoms. The van der Waals surface area contributed by atoms with E-state index in [0.717, 1.165) is 11.6 Å². The summed E-state index contributed by atoms with van der Waals surface area (Å²) in [6.45, 7) is 0. The minimum Gasteiger partial charge on any atom is -0.507 e. The van der Waals surface area contributed by atoms with Crippen LogP contribution in [0.2, 0.25) is 0 Å². The van der Waals surface area contributed by atoms with Crippen molar-refractivity contribution in [2.45, 2.75) is 4.90 Å². The Bertz CT molecular complexity index is 615. The Kier molecular flexibility index (Phi) is 2.16. The van der Waals surface area contributed by atoms with E-state index < -0.39 is 9.84 Å². The van der Waals surface area contributed by atoms with Crippen molar-refractivity contribution in [3.63, 3.8) is 0 Å². The van der Waals surface area contributed by atoms with Crippen LogP contribution in [0.1, 0.15) is 0 Å². The molecular weight excluding hydrogens is 212 g/mol. The fraction of sp³-hybridized carbons (Fsp3) is 0.0909. The monoisotopic (exact) mass is 222 g/mol. The Hall–Kier alpha value is -1.55. The van der Waals surface area contributed by atoms with E-state index in [4.69, 9.17) is 0 Å². The maximum Gasteiger partial charge on any atom is 0.175 e. The summed E-state index contributed by atoms with van der Waals surface area (Å²) >= 11 is 0. The fourth-order valence-electron chi connectivity index (χ4n) is 1.48. The average Bonchev–Trinajstić information content (AvgIpc) is 2.16. The van der Waals surface area contributed by atoms with E-state index in [1.54, 1.807) is 30.3 Å². The molecule has 0 aromatic heterocycles. The molecule has 0 radical (unpaired) electrons. The molecule has 0 amide bonds. The predicted octanol–water partition coefficient (Wildman–Crippen LogP) is 1.95. The largest absolute Gasteiger partial charge is 0.507 e. The zero-order valence-electron chi connectivity index (χ0n) is 8.14. The zero-order valence-corrected chi connectivity index (χ0v) is 8.95. The van der Waals surface area contributed by atoms with E-state index in [2.05, 4.69) is 0 Å². The zero-order chi connectivity index (χ0) is 11.1. The summed E-state index contributed by atoms with van der Waals surface area (Å²) in [5.41, 5.74) is 0. The van der Waals surface area contributed by atoms with E-state index in [1.807, 2.05) is 0 Å². The van der Waals surface area contributed by atoms with Crippen molar-refractivity contribution >= 4 is 20.6 Å². The number of benzene rings is 2. The third-order valence-electron chi connectivity index (χ3n) is 2.26. The number of fused-ring (bicyclic) bond motifs is 1. The summed E-state index contributed by atoms with van der Waals surface area (Å²) in [7, 11) is -3.19. The van der Waals surface area contributed by atoms with Crippen molar-refractivity contribution in [2.24, 2.45) is 0 Å². The van der Waals surface area contributed by atoms with Gasteiger partial charge in [-0.3, -0.25) is 0 Å². The highest BCUT2D eigenvalue weighted by Crippen LogP contribution is 2.26. The quantitative estimate of drug-likeness (QED) is 0.802. The number of phenols is 1. The molecule has 0 bridgehead atoms. The third-order valence-corrected chi connectivity index (χ3v) is 3.37. The van der Waals surface area contributed by atoms with Gasteiger partial charge in [-0.15, -0.1) is 0 Å². The number of phenolic OH excluding ortho intramolecular Hbond substituents is 1. The van der Waals surface area contributed by atoms with Crippen LogP contribution in [0.3, 0.4) is 0 Å². The number of hydrogen-bond donors (Lipinski definition) is 1. The molecule has 0 atom stereocenters. The second-order valence-corrected chi connectivity index (χ2v) is 5.45. The molecule has 1 N–H and O–H groups in total. The predicted molar refractivity (Wildman–Crippen MR) is 58.7 cm³/mol. The van der Waals surface area contributed by atoms with Crippen molar-refractivity contribution in [3.05, 3.63) is 36.4 Å². The molecule has 4 heteroatoms. The van der Waals surface area contributed by atoms with Gasteiger partial charge >= 0.3 is 0 Å². The van der Waals surface area contributed by atoms with Gasteiger partial charge in [-0.2, -0.15) is 0 Å². The van der Waals surface area contributed by atoms with E-state index in [0.29, 0.717) is 5.39 Å². The molecule has 0 heterocycles. The molecule has 0 aliphatic heterocycles. The Morgan fingerprint density at radius 1 is 1.13 bits per heavy atom. The van der Waals surface area contributed by atoms with Gasteiger partial charge in [-0.25, -0.2) is 8.42 Å². The van der Waals surface area contributed by atoms with Crippen LogP contribution in [-0.4, -0.2) is 19.8 Å². The fourth-order valence-corrected chi connectivity index (χ4v) is 2.13. The lowest BCUT2D eigenvalue weighted by Crippen LogP contribution is -1.96. The number of rotatable bonds is 1. The molecule has 0 fully saturated rings. The van der Waals surface area contributed by atoms with Gasteiger partial charge in [0.1, 0.15) is 5.75 Å². The van der Waals surface area contributed by atoms with Gasteiger partial charge in [0.05, 0.1) is 4.90 Å². The van der Waals surface area contributed by atoms with Crippen LogP contribution in [-0.2, 0) is 9.84 Å². The summed E-state index contributed by atoms with van der Waals surface area (Å²) in [6.07, 6.45) is 1.16. The van der Waals surface area contributed by atoms with Crippen LogP contribution in [0.5, 0.6) is 5.75 Å². The minimum atomic E-state index is -3.19. The first-order valence-electron chi connectivity index (χ1n) is 4.40. The lowest BCUT2D eigenvalue weighted by molar-refractivity contribution is 0.481. The molecule has 0 saturated heterocycles. The Morgan fingerprint density at radius 2 is 1.87 bits per heavy atom. The topological polar surface area (TPSA) is 54.4 Å². The van der Waals surface area contributed by atoms with E-state index in [9.17, 15) is 13.5 Å². The summed E-state index contributed by atoms with van der Waals surface area (Å²) < 4.78 is 22.6. The number of aromatic hydroxyl groups is 1. The normalized spacial score (nSPS) is 11.8. The lowest BCUT2D eigenvalue weighted by Gasteiger charge is -2.03. The van der Waals surface area contributed by atoms with Crippen LogP contribution in [0, 0.1) is 0 Å². The molecule has 3 nitrogen and oxygen atoms in total. The Balaban J connectivity index is 2.79. The standard InChI is InChI=1S/C11H10O3S/c1-15(13,14)9-5-6-10-8(7-9)3-2-4-11(10)12/h2-7,12H,1H3. The maximum absolute atomic E-state index is 11.3. The van der Waals surface area contributed by atoms with Crippen molar-refractivity contribution in [1.29, 1.82) is 0 Å². The average molecular weight is 222 g/mol. The summed E-state index contributed by atoms with van der Waals surface area (Å²) in [5, 5.41) is 10.9. The second kappa shape index (κ2) is 3.24. The highest BCUT2D eigenvalue weighted by Gasteiger charge is 2.08. The highest BCUT2D eigenvalue weighted by molar-refractivity contribution is 7.90. The summed E-state index contributed by atoms with van der Waals surface area (Å²) in [5.74, 6) is 0.160.